The number of amides is 1. The molecule has 1 amide bonds. The summed E-state index contributed by atoms with van der Waals surface area (Å²) in [5.74, 6) is 1.53. The first kappa shape index (κ1) is 27.7. The van der Waals surface area contributed by atoms with Crippen molar-refractivity contribution >= 4 is 28.9 Å². The van der Waals surface area contributed by atoms with Crippen molar-refractivity contribution in [3.8, 4) is 5.88 Å². The Balaban J connectivity index is 1.37. The number of pyridine rings is 1. The van der Waals surface area contributed by atoms with E-state index in [1.54, 1.807) is 24.2 Å². The summed E-state index contributed by atoms with van der Waals surface area (Å²) < 4.78 is 7.02. The lowest BCUT2D eigenvalue weighted by Gasteiger charge is -2.45. The number of anilines is 3. The van der Waals surface area contributed by atoms with Crippen LogP contribution < -0.4 is 15.4 Å². The zero-order valence-electron chi connectivity index (χ0n) is 24.4. The molecule has 11 nitrogen and oxygen atoms in total. The number of carbonyl (C=O) groups is 1. The number of rotatable bonds is 8. The van der Waals surface area contributed by atoms with Gasteiger partial charge in [0.25, 0.3) is 5.88 Å². The lowest BCUT2D eigenvalue weighted by Crippen LogP contribution is -2.59. The third-order valence-electron chi connectivity index (χ3n) is 8.08. The van der Waals surface area contributed by atoms with E-state index in [0.29, 0.717) is 41.8 Å². The van der Waals surface area contributed by atoms with Gasteiger partial charge in [0.05, 0.1) is 25.0 Å². The SMILES string of the molecule is CCC(C(=O)Nc1nccc2c1CC=C2c1nc(Nc2cn(C)nc2OC)ncc1C)N1CC(C)N(C)C(C)C1. The van der Waals surface area contributed by atoms with Crippen molar-refractivity contribution in [3.63, 3.8) is 0 Å². The molecule has 1 aliphatic carbocycles. The van der Waals surface area contributed by atoms with Gasteiger partial charge in [-0.1, -0.05) is 13.0 Å². The molecule has 3 unspecified atom stereocenters. The number of carbonyl (C=O) groups excluding carboxylic acids is 1. The summed E-state index contributed by atoms with van der Waals surface area (Å²) in [4.78, 5) is 32.1. The number of hydrogen-bond donors (Lipinski definition) is 2. The van der Waals surface area contributed by atoms with Crippen LogP contribution in [0, 0.1) is 6.92 Å². The molecule has 4 heterocycles. The number of likely N-dealkylation sites (N-methyl/N-ethyl adjacent to an activating group) is 1. The fraction of sp³-hybridized carbons (Fsp3) is 0.483. The fourth-order valence-electron chi connectivity index (χ4n) is 5.71. The maximum Gasteiger partial charge on any atom is 0.256 e. The molecule has 5 rings (SSSR count). The second-order valence-electron chi connectivity index (χ2n) is 10.8. The monoisotopic (exact) mass is 545 g/mol. The van der Waals surface area contributed by atoms with E-state index < -0.39 is 0 Å². The van der Waals surface area contributed by atoms with Crippen molar-refractivity contribution in [2.75, 3.05) is 37.9 Å². The quantitative estimate of drug-likeness (QED) is 0.440. The number of allylic oxidation sites excluding steroid dienone is 1. The van der Waals surface area contributed by atoms with Crippen molar-refractivity contribution in [3.05, 3.63) is 53.1 Å². The largest absolute Gasteiger partial charge is 0.478 e. The zero-order valence-corrected chi connectivity index (χ0v) is 24.4. The number of ether oxygens (including phenoxy) is 1. The van der Waals surface area contributed by atoms with Crippen molar-refractivity contribution in [2.45, 2.75) is 58.7 Å². The van der Waals surface area contributed by atoms with Crippen LogP contribution in [0.4, 0.5) is 17.5 Å². The highest BCUT2D eigenvalue weighted by molar-refractivity contribution is 5.96. The normalized spacial score (nSPS) is 20.1. The molecule has 1 saturated heterocycles. The van der Waals surface area contributed by atoms with E-state index in [2.05, 4.69) is 69.4 Å². The highest BCUT2D eigenvalue weighted by Crippen LogP contribution is 2.37. The van der Waals surface area contributed by atoms with Crippen molar-refractivity contribution in [1.82, 2.24) is 34.5 Å². The van der Waals surface area contributed by atoms with Gasteiger partial charge in [-0.2, -0.15) is 0 Å². The van der Waals surface area contributed by atoms with Gasteiger partial charge in [-0.05, 0) is 57.9 Å². The molecule has 3 aromatic rings. The molecule has 0 spiro atoms. The third-order valence-corrected chi connectivity index (χ3v) is 8.08. The van der Waals surface area contributed by atoms with Crippen LogP contribution in [0.1, 0.15) is 49.6 Å². The zero-order chi connectivity index (χ0) is 28.6. The number of hydrogen-bond acceptors (Lipinski definition) is 9. The van der Waals surface area contributed by atoms with Crippen molar-refractivity contribution < 1.29 is 9.53 Å². The van der Waals surface area contributed by atoms with Crippen molar-refractivity contribution in [2.24, 2.45) is 7.05 Å². The lowest BCUT2D eigenvalue weighted by molar-refractivity contribution is -0.123. The summed E-state index contributed by atoms with van der Waals surface area (Å²) in [6.45, 7) is 10.2. The van der Waals surface area contributed by atoms with Crippen LogP contribution in [-0.2, 0) is 18.3 Å². The van der Waals surface area contributed by atoms with Gasteiger partial charge in [-0.25, -0.2) is 15.0 Å². The number of nitrogens with one attached hydrogen (secondary N) is 2. The van der Waals surface area contributed by atoms with Crippen LogP contribution in [0.2, 0.25) is 0 Å². The second kappa shape index (κ2) is 11.3. The summed E-state index contributed by atoms with van der Waals surface area (Å²) in [6, 6.07) is 2.58. The van der Waals surface area contributed by atoms with Crippen LogP contribution in [0.25, 0.3) is 5.57 Å². The van der Waals surface area contributed by atoms with E-state index in [9.17, 15) is 4.79 Å². The Kier molecular flexibility index (Phi) is 7.86. The molecule has 3 atom stereocenters. The molecular formula is C29H39N9O2. The first-order chi connectivity index (χ1) is 19.2. The molecular weight excluding hydrogens is 506 g/mol. The number of nitrogens with zero attached hydrogens (tertiary/aromatic N) is 7. The molecule has 3 aromatic heterocycles. The van der Waals surface area contributed by atoms with Gasteiger partial charge >= 0.3 is 0 Å². The minimum Gasteiger partial charge on any atom is -0.478 e. The van der Waals surface area contributed by atoms with Gasteiger partial charge in [0, 0.05) is 55.8 Å². The molecule has 212 valence electrons. The van der Waals surface area contributed by atoms with E-state index in [-0.39, 0.29) is 11.9 Å². The van der Waals surface area contributed by atoms with Gasteiger partial charge < -0.3 is 15.4 Å². The van der Waals surface area contributed by atoms with Crippen LogP contribution in [0.5, 0.6) is 5.88 Å². The van der Waals surface area contributed by atoms with E-state index in [1.165, 1.54) is 0 Å². The van der Waals surface area contributed by atoms with E-state index in [4.69, 9.17) is 9.72 Å². The summed E-state index contributed by atoms with van der Waals surface area (Å²) in [5, 5.41) is 10.7. The predicted octanol–water partition coefficient (Wildman–Crippen LogP) is 3.40. The Bertz CT molecular complexity index is 1420. The van der Waals surface area contributed by atoms with Gasteiger partial charge in [0.1, 0.15) is 11.5 Å². The van der Waals surface area contributed by atoms with Crippen LogP contribution in [0.15, 0.2) is 30.7 Å². The molecule has 0 saturated carbocycles. The first-order valence-electron chi connectivity index (χ1n) is 13.8. The molecule has 1 fully saturated rings. The van der Waals surface area contributed by atoms with Gasteiger partial charge in [0.2, 0.25) is 11.9 Å². The van der Waals surface area contributed by atoms with E-state index >= 15 is 0 Å². The summed E-state index contributed by atoms with van der Waals surface area (Å²) in [5.41, 5.74) is 5.49. The van der Waals surface area contributed by atoms with Crippen LogP contribution in [-0.4, -0.2) is 85.8 Å². The molecule has 2 aliphatic rings. The molecule has 0 aromatic carbocycles. The minimum atomic E-state index is -0.202. The summed E-state index contributed by atoms with van der Waals surface area (Å²) in [6.07, 6.45) is 8.93. The maximum absolute atomic E-state index is 13.5. The van der Waals surface area contributed by atoms with E-state index in [1.807, 2.05) is 26.2 Å². The molecule has 40 heavy (non-hydrogen) atoms. The molecule has 1 aliphatic heterocycles. The highest BCUT2D eigenvalue weighted by atomic mass is 16.5. The minimum absolute atomic E-state index is 0.00377. The Morgan fingerprint density at radius 2 is 1.95 bits per heavy atom. The molecule has 2 N–H and O–H groups in total. The number of aromatic nitrogens is 5. The maximum atomic E-state index is 13.5. The fourth-order valence-corrected chi connectivity index (χ4v) is 5.71. The van der Waals surface area contributed by atoms with Gasteiger partial charge in [-0.3, -0.25) is 19.3 Å². The summed E-state index contributed by atoms with van der Waals surface area (Å²) >= 11 is 0. The number of piperazine rings is 1. The first-order valence-corrected chi connectivity index (χ1v) is 13.8. The Hall–Kier alpha value is -3.83. The summed E-state index contributed by atoms with van der Waals surface area (Å²) in [7, 11) is 5.56. The number of methoxy groups -OCH3 is 1. The Morgan fingerprint density at radius 3 is 2.65 bits per heavy atom. The molecule has 11 heteroatoms. The third kappa shape index (κ3) is 5.31. The molecule has 0 bridgehead atoms. The lowest BCUT2D eigenvalue weighted by atomic mass is 10.0. The smallest absolute Gasteiger partial charge is 0.256 e. The topological polar surface area (TPSA) is 113 Å². The predicted molar refractivity (Wildman–Crippen MR) is 156 cm³/mol. The Morgan fingerprint density at radius 1 is 1.20 bits per heavy atom. The average molecular weight is 546 g/mol. The molecule has 0 radical (unpaired) electrons. The highest BCUT2D eigenvalue weighted by Gasteiger charge is 2.34. The van der Waals surface area contributed by atoms with Crippen LogP contribution >= 0.6 is 0 Å². The number of fused-ring (bicyclic) bond motifs is 1. The standard InChI is InChI=1S/C29H39N9O2/c1-8-24(38-14-18(3)37(6)19(4)15-38)27(39)34-26-22-10-9-21(20(22)11-12-30-26)25-17(2)13-31-29(33-25)32-23-16-36(5)35-28(23)40-7/h9,11-13,16,18-19,24H,8,10,14-15H2,1-7H3,(H,30,34,39)(H,31,32,33). The van der Waals surface area contributed by atoms with Gasteiger partial charge in [-0.15, -0.1) is 5.10 Å². The van der Waals surface area contributed by atoms with E-state index in [0.717, 1.165) is 47.5 Å². The van der Waals surface area contributed by atoms with Crippen LogP contribution in [0.3, 0.4) is 0 Å². The van der Waals surface area contributed by atoms with Gasteiger partial charge in [0.15, 0.2) is 0 Å². The average Bonchev–Trinajstić information content (AvgIpc) is 3.52. The Labute approximate surface area is 235 Å². The second-order valence-corrected chi connectivity index (χ2v) is 10.8. The van der Waals surface area contributed by atoms with Crippen molar-refractivity contribution in [1.29, 1.82) is 0 Å². The number of aryl methyl sites for hydroxylation is 2.